The molecule has 0 saturated carbocycles. The molecular weight excluding hydrogens is 186 g/mol. The number of nitrogens with zero attached hydrogens (tertiary/aromatic N) is 2. The average molecular weight is 197 g/mol. The fraction of sp³-hybridized carbons (Fsp3) is 0.167. The van der Waals surface area contributed by atoms with E-state index >= 15 is 0 Å². The molecule has 0 aliphatic heterocycles. The summed E-state index contributed by atoms with van der Waals surface area (Å²) in [6.07, 6.45) is 7.04. The second-order valence-corrected chi connectivity index (χ2v) is 3.31. The molecule has 1 N–H and O–H groups in total. The minimum atomic E-state index is -0.0508. The Bertz CT molecular complexity index is 508. The molecule has 1 aromatic heterocycles. The van der Waals surface area contributed by atoms with Gasteiger partial charge in [0.15, 0.2) is 5.82 Å². The molecule has 0 saturated heterocycles. The Morgan fingerprint density at radius 3 is 3.00 bits per heavy atom. The highest BCUT2D eigenvalue weighted by Gasteiger charge is 2.04. The van der Waals surface area contributed by atoms with Gasteiger partial charge in [-0.15, -0.1) is 11.5 Å². The molecule has 1 atom stereocenters. The Morgan fingerprint density at radius 2 is 2.20 bits per heavy atom. The number of hydrogen-bond acceptors (Lipinski definition) is 3. The van der Waals surface area contributed by atoms with Crippen molar-refractivity contribution in [3.8, 4) is 12.3 Å². The van der Waals surface area contributed by atoms with E-state index in [1.807, 2.05) is 31.2 Å². The van der Waals surface area contributed by atoms with E-state index in [-0.39, 0.29) is 6.04 Å². The van der Waals surface area contributed by atoms with Crippen molar-refractivity contribution in [3.63, 3.8) is 0 Å². The molecule has 0 fully saturated rings. The van der Waals surface area contributed by atoms with Gasteiger partial charge >= 0.3 is 0 Å². The second kappa shape index (κ2) is 3.97. The maximum atomic E-state index is 5.30. The SMILES string of the molecule is C#CC(C)Nc1nncc2ccccc12. The third kappa shape index (κ3) is 1.89. The standard InChI is InChI=1S/C12H11N3/c1-3-9(2)14-12-11-7-5-4-6-10(11)8-13-15-12/h1,4-9H,2H3,(H,14,15). The van der Waals surface area contributed by atoms with Crippen molar-refractivity contribution in [2.45, 2.75) is 13.0 Å². The molecule has 1 aromatic carbocycles. The molecule has 74 valence electrons. The highest BCUT2D eigenvalue weighted by Crippen LogP contribution is 2.19. The Kier molecular flexibility index (Phi) is 2.51. The van der Waals surface area contributed by atoms with Gasteiger partial charge in [0, 0.05) is 10.8 Å². The molecule has 0 amide bonds. The molecule has 1 heterocycles. The molecule has 3 nitrogen and oxygen atoms in total. The summed E-state index contributed by atoms with van der Waals surface area (Å²) in [6, 6.07) is 7.88. The first kappa shape index (κ1) is 9.47. The van der Waals surface area contributed by atoms with Crippen LogP contribution < -0.4 is 5.32 Å². The lowest BCUT2D eigenvalue weighted by Crippen LogP contribution is -2.13. The third-order valence-corrected chi connectivity index (χ3v) is 2.17. The van der Waals surface area contributed by atoms with E-state index < -0.39 is 0 Å². The molecule has 0 aliphatic rings. The highest BCUT2D eigenvalue weighted by molar-refractivity contribution is 5.90. The van der Waals surface area contributed by atoms with Gasteiger partial charge in [0.05, 0.1) is 12.2 Å². The summed E-state index contributed by atoms with van der Waals surface area (Å²) in [5.41, 5.74) is 0. The van der Waals surface area contributed by atoms with Crippen LogP contribution in [0.4, 0.5) is 5.82 Å². The summed E-state index contributed by atoms with van der Waals surface area (Å²) in [5, 5.41) is 13.2. The minimum absolute atomic E-state index is 0.0508. The van der Waals surface area contributed by atoms with Crippen LogP contribution in [-0.2, 0) is 0 Å². The van der Waals surface area contributed by atoms with E-state index in [2.05, 4.69) is 21.4 Å². The maximum absolute atomic E-state index is 5.30. The van der Waals surface area contributed by atoms with Gasteiger partial charge in [0.1, 0.15) is 0 Å². The van der Waals surface area contributed by atoms with Gasteiger partial charge in [-0.2, -0.15) is 5.10 Å². The number of anilines is 1. The monoisotopic (exact) mass is 197 g/mol. The lowest BCUT2D eigenvalue weighted by atomic mass is 10.2. The van der Waals surface area contributed by atoms with E-state index in [9.17, 15) is 0 Å². The van der Waals surface area contributed by atoms with Gasteiger partial charge in [-0.25, -0.2) is 0 Å². The summed E-state index contributed by atoms with van der Waals surface area (Å²) in [4.78, 5) is 0. The topological polar surface area (TPSA) is 37.8 Å². The van der Waals surface area contributed by atoms with Gasteiger partial charge in [0.2, 0.25) is 0 Å². The van der Waals surface area contributed by atoms with E-state index in [4.69, 9.17) is 6.42 Å². The van der Waals surface area contributed by atoms with Crippen molar-refractivity contribution < 1.29 is 0 Å². The first-order valence-electron chi connectivity index (χ1n) is 4.74. The molecular formula is C12H11N3. The Labute approximate surface area is 88.5 Å². The van der Waals surface area contributed by atoms with Gasteiger partial charge in [-0.3, -0.25) is 0 Å². The molecule has 1 unspecified atom stereocenters. The average Bonchev–Trinajstić information content (AvgIpc) is 2.29. The van der Waals surface area contributed by atoms with E-state index in [0.717, 1.165) is 16.6 Å². The summed E-state index contributed by atoms with van der Waals surface area (Å²) < 4.78 is 0. The molecule has 0 aliphatic carbocycles. The summed E-state index contributed by atoms with van der Waals surface area (Å²) in [6.45, 7) is 1.91. The number of benzene rings is 1. The van der Waals surface area contributed by atoms with Crippen LogP contribution in [-0.4, -0.2) is 16.2 Å². The molecule has 2 rings (SSSR count). The van der Waals surface area contributed by atoms with Gasteiger partial charge < -0.3 is 5.32 Å². The van der Waals surface area contributed by atoms with Crippen molar-refractivity contribution in [2.75, 3.05) is 5.32 Å². The van der Waals surface area contributed by atoms with E-state index in [1.54, 1.807) is 6.20 Å². The van der Waals surface area contributed by atoms with Gasteiger partial charge in [-0.1, -0.05) is 30.2 Å². The summed E-state index contributed by atoms with van der Waals surface area (Å²) >= 11 is 0. The fourth-order valence-corrected chi connectivity index (χ4v) is 1.38. The predicted octanol–water partition coefficient (Wildman–Crippen LogP) is 2.06. The highest BCUT2D eigenvalue weighted by atomic mass is 15.2. The smallest absolute Gasteiger partial charge is 0.157 e. The van der Waals surface area contributed by atoms with Crippen LogP contribution in [0.2, 0.25) is 0 Å². The summed E-state index contributed by atoms with van der Waals surface area (Å²) in [7, 11) is 0. The van der Waals surface area contributed by atoms with Crippen LogP contribution in [0.1, 0.15) is 6.92 Å². The Morgan fingerprint density at radius 1 is 1.40 bits per heavy atom. The number of fused-ring (bicyclic) bond motifs is 1. The lowest BCUT2D eigenvalue weighted by molar-refractivity contribution is 0.974. The van der Waals surface area contributed by atoms with Crippen molar-refractivity contribution in [2.24, 2.45) is 0 Å². The zero-order valence-electron chi connectivity index (χ0n) is 8.44. The van der Waals surface area contributed by atoms with Crippen LogP contribution >= 0.6 is 0 Å². The fourth-order valence-electron chi connectivity index (χ4n) is 1.38. The quantitative estimate of drug-likeness (QED) is 0.749. The van der Waals surface area contributed by atoms with Crippen molar-refractivity contribution in [1.82, 2.24) is 10.2 Å². The number of terminal acetylenes is 1. The van der Waals surface area contributed by atoms with E-state index in [1.165, 1.54) is 0 Å². The summed E-state index contributed by atoms with van der Waals surface area (Å²) in [5.74, 6) is 3.33. The Hall–Kier alpha value is -2.08. The molecule has 2 aromatic rings. The molecule has 0 spiro atoms. The zero-order chi connectivity index (χ0) is 10.7. The van der Waals surface area contributed by atoms with Crippen LogP contribution in [0.5, 0.6) is 0 Å². The number of aromatic nitrogens is 2. The van der Waals surface area contributed by atoms with Crippen molar-refractivity contribution in [3.05, 3.63) is 30.5 Å². The first-order valence-corrected chi connectivity index (χ1v) is 4.74. The zero-order valence-corrected chi connectivity index (χ0v) is 8.44. The van der Waals surface area contributed by atoms with Crippen LogP contribution in [0.15, 0.2) is 30.5 Å². The number of rotatable bonds is 2. The predicted molar refractivity (Wildman–Crippen MR) is 61.5 cm³/mol. The molecule has 15 heavy (non-hydrogen) atoms. The maximum Gasteiger partial charge on any atom is 0.157 e. The van der Waals surface area contributed by atoms with Crippen LogP contribution in [0, 0.1) is 12.3 Å². The molecule has 0 radical (unpaired) electrons. The number of nitrogens with one attached hydrogen (secondary N) is 1. The lowest BCUT2D eigenvalue weighted by Gasteiger charge is -2.09. The van der Waals surface area contributed by atoms with Crippen molar-refractivity contribution >= 4 is 16.6 Å². The first-order chi connectivity index (χ1) is 7.31. The van der Waals surface area contributed by atoms with Gasteiger partial charge in [0.25, 0.3) is 0 Å². The van der Waals surface area contributed by atoms with Crippen molar-refractivity contribution in [1.29, 1.82) is 0 Å². The molecule has 0 bridgehead atoms. The molecule has 3 heteroatoms. The second-order valence-electron chi connectivity index (χ2n) is 3.31. The Balaban J connectivity index is 2.48. The van der Waals surface area contributed by atoms with E-state index in [0.29, 0.717) is 0 Å². The van der Waals surface area contributed by atoms with Crippen LogP contribution in [0.3, 0.4) is 0 Å². The minimum Gasteiger partial charge on any atom is -0.355 e. The third-order valence-electron chi connectivity index (χ3n) is 2.17. The van der Waals surface area contributed by atoms with Gasteiger partial charge in [-0.05, 0) is 6.92 Å². The number of hydrogen-bond donors (Lipinski definition) is 1. The largest absolute Gasteiger partial charge is 0.355 e. The normalized spacial score (nSPS) is 12.0. The van der Waals surface area contributed by atoms with Crippen LogP contribution in [0.25, 0.3) is 10.8 Å².